The summed E-state index contributed by atoms with van der Waals surface area (Å²) in [6, 6.07) is 21.3. The molecule has 37 heavy (non-hydrogen) atoms. The summed E-state index contributed by atoms with van der Waals surface area (Å²) in [5.41, 5.74) is 8.92. The molecule has 0 aromatic heterocycles. The van der Waals surface area contributed by atoms with Crippen LogP contribution in [0, 0.1) is 0 Å². The average Bonchev–Trinajstić information content (AvgIpc) is 3.63. The maximum Gasteiger partial charge on any atom is 0.263 e. The van der Waals surface area contributed by atoms with Crippen molar-refractivity contribution in [1.82, 2.24) is 9.80 Å². The Morgan fingerprint density at radius 2 is 1.62 bits per heavy atom. The summed E-state index contributed by atoms with van der Waals surface area (Å²) < 4.78 is 5.70. The van der Waals surface area contributed by atoms with Crippen LogP contribution in [0.3, 0.4) is 0 Å². The lowest BCUT2D eigenvalue weighted by Gasteiger charge is -2.36. The molecule has 0 spiro atoms. The van der Waals surface area contributed by atoms with Crippen LogP contribution in [0.4, 0.5) is 5.69 Å². The first kappa shape index (κ1) is 22.7. The third-order valence-electron chi connectivity index (χ3n) is 8.36. The molecule has 3 heterocycles. The van der Waals surface area contributed by atoms with E-state index >= 15 is 0 Å². The minimum Gasteiger partial charge on any atom is -0.376 e. The first-order chi connectivity index (χ1) is 18.2. The SMILES string of the molecule is O=C1c2cccc(N3CCN(Cc4ccc5c(c4)Cc4ccccc4-5)CC3)c2C(=O)N1CC1CCCO1. The molecule has 3 aliphatic heterocycles. The number of nitrogens with zero attached hydrogens (tertiary/aromatic N) is 3. The van der Waals surface area contributed by atoms with Crippen molar-refractivity contribution in [3.05, 3.63) is 88.5 Å². The Morgan fingerprint density at radius 1 is 0.811 bits per heavy atom. The van der Waals surface area contributed by atoms with Crippen LogP contribution in [0.2, 0.25) is 0 Å². The molecule has 0 bridgehead atoms. The second kappa shape index (κ2) is 9.12. The van der Waals surface area contributed by atoms with Gasteiger partial charge in [0.05, 0.1) is 29.5 Å². The van der Waals surface area contributed by atoms with Gasteiger partial charge < -0.3 is 9.64 Å². The molecule has 2 saturated heterocycles. The smallest absolute Gasteiger partial charge is 0.263 e. The molecule has 0 saturated carbocycles. The molecule has 3 aromatic carbocycles. The number of piperazine rings is 1. The topological polar surface area (TPSA) is 53.1 Å². The van der Waals surface area contributed by atoms with E-state index in [9.17, 15) is 9.59 Å². The van der Waals surface area contributed by atoms with Crippen LogP contribution >= 0.6 is 0 Å². The summed E-state index contributed by atoms with van der Waals surface area (Å²) in [6.07, 6.45) is 2.87. The van der Waals surface area contributed by atoms with Gasteiger partial charge in [-0.05, 0) is 59.2 Å². The van der Waals surface area contributed by atoms with Crippen LogP contribution in [0.1, 0.15) is 50.2 Å². The van der Waals surface area contributed by atoms with Gasteiger partial charge in [0.2, 0.25) is 0 Å². The van der Waals surface area contributed by atoms with Gasteiger partial charge in [0.15, 0.2) is 0 Å². The lowest BCUT2D eigenvalue weighted by molar-refractivity contribution is 0.0475. The second-order valence-electron chi connectivity index (χ2n) is 10.6. The highest BCUT2D eigenvalue weighted by atomic mass is 16.5. The largest absolute Gasteiger partial charge is 0.376 e. The molecule has 6 nitrogen and oxygen atoms in total. The number of hydrogen-bond donors (Lipinski definition) is 0. The number of amides is 2. The van der Waals surface area contributed by atoms with E-state index in [1.54, 1.807) is 6.07 Å². The number of imide groups is 1. The lowest BCUT2D eigenvalue weighted by Crippen LogP contribution is -2.46. The zero-order valence-electron chi connectivity index (χ0n) is 21.0. The fourth-order valence-corrected chi connectivity index (χ4v) is 6.44. The van der Waals surface area contributed by atoms with Gasteiger partial charge in [-0.2, -0.15) is 0 Å². The molecule has 0 radical (unpaired) electrons. The summed E-state index contributed by atoms with van der Waals surface area (Å²) in [7, 11) is 0. The van der Waals surface area contributed by atoms with Gasteiger partial charge in [-0.1, -0.05) is 48.5 Å². The van der Waals surface area contributed by atoms with Gasteiger partial charge in [-0.15, -0.1) is 0 Å². The predicted octanol–water partition coefficient (Wildman–Crippen LogP) is 4.36. The van der Waals surface area contributed by atoms with Gasteiger partial charge in [0.25, 0.3) is 11.8 Å². The van der Waals surface area contributed by atoms with E-state index in [1.807, 2.05) is 12.1 Å². The molecule has 4 aliphatic rings. The maximum atomic E-state index is 13.4. The molecule has 2 fully saturated rings. The third-order valence-corrected chi connectivity index (χ3v) is 8.36. The van der Waals surface area contributed by atoms with Crippen molar-refractivity contribution >= 4 is 17.5 Å². The van der Waals surface area contributed by atoms with E-state index in [2.05, 4.69) is 52.3 Å². The van der Waals surface area contributed by atoms with Crippen molar-refractivity contribution in [2.24, 2.45) is 0 Å². The summed E-state index contributed by atoms with van der Waals surface area (Å²) in [5, 5.41) is 0. The quantitative estimate of drug-likeness (QED) is 0.387. The first-order valence-electron chi connectivity index (χ1n) is 13.4. The number of fused-ring (bicyclic) bond motifs is 4. The van der Waals surface area contributed by atoms with Crippen molar-refractivity contribution in [3.63, 3.8) is 0 Å². The van der Waals surface area contributed by atoms with E-state index < -0.39 is 0 Å². The predicted molar refractivity (Wildman–Crippen MR) is 143 cm³/mol. The molecule has 6 heteroatoms. The molecule has 188 valence electrons. The van der Waals surface area contributed by atoms with Gasteiger partial charge in [0.1, 0.15) is 0 Å². The molecule has 2 amide bonds. The van der Waals surface area contributed by atoms with E-state index in [0.29, 0.717) is 24.3 Å². The molecule has 0 N–H and O–H groups in total. The Hall–Kier alpha value is -3.48. The van der Waals surface area contributed by atoms with Gasteiger partial charge in [-0.3, -0.25) is 19.4 Å². The Bertz CT molecular complexity index is 1390. The molecule has 7 rings (SSSR count). The van der Waals surface area contributed by atoms with E-state index in [4.69, 9.17) is 4.74 Å². The summed E-state index contributed by atoms with van der Waals surface area (Å²) >= 11 is 0. The number of carbonyl (C=O) groups is 2. The first-order valence-corrected chi connectivity index (χ1v) is 13.4. The number of ether oxygens (including phenoxy) is 1. The van der Waals surface area contributed by atoms with Gasteiger partial charge >= 0.3 is 0 Å². The summed E-state index contributed by atoms with van der Waals surface area (Å²) in [6.45, 7) is 5.50. The lowest BCUT2D eigenvalue weighted by atomic mass is 10.0. The van der Waals surface area contributed by atoms with Crippen LogP contribution in [-0.4, -0.2) is 67.0 Å². The standard InChI is InChI=1S/C31H31N3O3/c35-30-27-8-3-9-28(29(27)31(36)34(30)20-24-6-4-16-37-24)33-14-12-32(13-15-33)19-21-10-11-26-23(17-21)18-22-5-1-2-7-25(22)26/h1-3,5,7-11,17,24H,4,6,12-16,18-20H2. The van der Waals surface area contributed by atoms with E-state index in [-0.39, 0.29) is 17.9 Å². The van der Waals surface area contributed by atoms with Crippen molar-refractivity contribution in [3.8, 4) is 11.1 Å². The van der Waals surface area contributed by atoms with Crippen LogP contribution in [-0.2, 0) is 17.7 Å². The molecule has 3 aromatic rings. The summed E-state index contributed by atoms with van der Waals surface area (Å²) in [4.78, 5) is 32.6. The highest BCUT2D eigenvalue weighted by molar-refractivity contribution is 6.23. The number of rotatable bonds is 5. The maximum absolute atomic E-state index is 13.4. The average molecular weight is 494 g/mol. The van der Waals surface area contributed by atoms with E-state index in [1.165, 1.54) is 32.7 Å². The van der Waals surface area contributed by atoms with Crippen molar-refractivity contribution in [1.29, 1.82) is 0 Å². The monoisotopic (exact) mass is 493 g/mol. The van der Waals surface area contributed by atoms with Crippen LogP contribution in [0.5, 0.6) is 0 Å². The molecular formula is C31H31N3O3. The Morgan fingerprint density at radius 3 is 2.46 bits per heavy atom. The molecule has 1 aliphatic carbocycles. The third kappa shape index (κ3) is 3.95. The minimum atomic E-state index is -0.185. The Kier molecular flexibility index (Phi) is 5.59. The van der Waals surface area contributed by atoms with Gasteiger partial charge in [-0.25, -0.2) is 0 Å². The Labute approximate surface area is 217 Å². The van der Waals surface area contributed by atoms with E-state index in [0.717, 1.165) is 57.7 Å². The fourth-order valence-electron chi connectivity index (χ4n) is 6.44. The summed E-state index contributed by atoms with van der Waals surface area (Å²) in [5.74, 6) is -0.359. The number of anilines is 1. The van der Waals surface area contributed by atoms with Crippen LogP contribution < -0.4 is 4.90 Å². The van der Waals surface area contributed by atoms with Crippen molar-refractivity contribution < 1.29 is 14.3 Å². The zero-order valence-corrected chi connectivity index (χ0v) is 21.0. The Balaban J connectivity index is 1.03. The van der Waals surface area contributed by atoms with Crippen molar-refractivity contribution in [2.75, 3.05) is 44.2 Å². The van der Waals surface area contributed by atoms with Crippen LogP contribution in [0.25, 0.3) is 11.1 Å². The number of carbonyl (C=O) groups excluding carboxylic acids is 2. The molecular weight excluding hydrogens is 462 g/mol. The minimum absolute atomic E-state index is 0.0393. The van der Waals surface area contributed by atoms with Gasteiger partial charge in [0, 0.05) is 39.3 Å². The van der Waals surface area contributed by atoms with Crippen LogP contribution in [0.15, 0.2) is 60.7 Å². The van der Waals surface area contributed by atoms with Crippen molar-refractivity contribution in [2.45, 2.75) is 31.9 Å². The molecule has 1 unspecified atom stereocenters. The zero-order chi connectivity index (χ0) is 24.9. The highest BCUT2D eigenvalue weighted by Crippen LogP contribution is 2.37. The molecule has 1 atom stereocenters. The highest BCUT2D eigenvalue weighted by Gasteiger charge is 2.40. The number of hydrogen-bond acceptors (Lipinski definition) is 5. The second-order valence-corrected chi connectivity index (χ2v) is 10.6. The fraction of sp³-hybridized carbons (Fsp3) is 0.355. The normalized spacial score (nSPS) is 20.9. The number of benzene rings is 3.